The fourth-order valence-electron chi connectivity index (χ4n) is 3.52. The van der Waals surface area contributed by atoms with E-state index in [1.807, 2.05) is 6.07 Å². The van der Waals surface area contributed by atoms with Crippen molar-refractivity contribution < 1.29 is 0 Å². The number of aromatic nitrogens is 2. The van der Waals surface area contributed by atoms with Gasteiger partial charge in [0, 0.05) is 11.8 Å². The van der Waals surface area contributed by atoms with Gasteiger partial charge < -0.3 is 5.43 Å². The summed E-state index contributed by atoms with van der Waals surface area (Å²) >= 11 is 0. The number of benzene rings is 3. The summed E-state index contributed by atoms with van der Waals surface area (Å²) in [7, 11) is 0. The fraction of sp³-hybridized carbons (Fsp3) is 0.0435. The monoisotopic (exact) mass is 337 g/mol. The second-order valence-corrected chi connectivity index (χ2v) is 6.47. The molecule has 0 saturated carbocycles. The van der Waals surface area contributed by atoms with E-state index in [1.165, 1.54) is 27.7 Å². The maximum atomic E-state index is 3.59. The van der Waals surface area contributed by atoms with Crippen LogP contribution in [-0.4, -0.2) is 9.08 Å². The van der Waals surface area contributed by atoms with Crippen LogP contribution in [0, 0.1) is 0 Å². The Morgan fingerprint density at radius 1 is 0.654 bits per heavy atom. The molecule has 0 amide bonds. The minimum Gasteiger partial charge on any atom is -0.319 e. The molecule has 1 N–H and O–H groups in total. The number of imidazole rings is 1. The molecule has 3 heteroatoms. The van der Waals surface area contributed by atoms with Crippen LogP contribution in [0.25, 0.3) is 27.8 Å². The zero-order chi connectivity index (χ0) is 17.3. The van der Waals surface area contributed by atoms with Gasteiger partial charge in [0.05, 0.1) is 17.6 Å². The van der Waals surface area contributed by atoms with Crippen LogP contribution in [0.1, 0.15) is 5.56 Å². The topological polar surface area (TPSA) is 21.4 Å². The molecule has 5 aromatic rings. The summed E-state index contributed by atoms with van der Waals surface area (Å²) < 4.78 is 4.45. The van der Waals surface area contributed by atoms with Crippen molar-refractivity contribution in [2.24, 2.45) is 0 Å². The van der Waals surface area contributed by atoms with Crippen LogP contribution in [0.5, 0.6) is 0 Å². The summed E-state index contributed by atoms with van der Waals surface area (Å²) in [4.78, 5) is 0. The molecule has 26 heavy (non-hydrogen) atoms. The maximum absolute atomic E-state index is 3.59. The zero-order valence-corrected chi connectivity index (χ0v) is 14.3. The smallest absolute Gasteiger partial charge is 0.137 e. The average Bonchev–Trinajstić information content (AvgIpc) is 3.26. The Kier molecular flexibility index (Phi) is 3.49. The van der Waals surface area contributed by atoms with Gasteiger partial charge in [0.1, 0.15) is 5.65 Å². The zero-order valence-electron chi connectivity index (χ0n) is 14.3. The highest BCUT2D eigenvalue weighted by molar-refractivity contribution is 5.85. The fourth-order valence-corrected chi connectivity index (χ4v) is 3.52. The molecule has 0 bridgehead atoms. The van der Waals surface area contributed by atoms with E-state index in [0.29, 0.717) is 0 Å². The van der Waals surface area contributed by atoms with Crippen molar-refractivity contribution in [3.05, 3.63) is 103 Å². The van der Waals surface area contributed by atoms with Crippen LogP contribution in [0.3, 0.4) is 0 Å². The summed E-state index contributed by atoms with van der Waals surface area (Å²) in [6.07, 6.45) is 2.22. The summed E-state index contributed by atoms with van der Waals surface area (Å²) in [5.41, 5.74) is 10.8. The number of fused-ring (bicyclic) bond motifs is 3. The van der Waals surface area contributed by atoms with E-state index in [4.69, 9.17) is 0 Å². The van der Waals surface area contributed by atoms with Crippen molar-refractivity contribution in [2.45, 2.75) is 6.54 Å². The van der Waals surface area contributed by atoms with Gasteiger partial charge in [0.15, 0.2) is 0 Å². The molecule has 2 aromatic heterocycles. The van der Waals surface area contributed by atoms with Crippen molar-refractivity contribution in [2.75, 3.05) is 5.43 Å². The molecule has 0 saturated heterocycles. The van der Waals surface area contributed by atoms with E-state index >= 15 is 0 Å². The Bertz CT molecular complexity index is 1170. The molecule has 0 atom stereocenters. The third-order valence-electron chi connectivity index (χ3n) is 4.80. The first-order valence-corrected chi connectivity index (χ1v) is 8.85. The summed E-state index contributed by atoms with van der Waals surface area (Å²) in [6.45, 7) is 0.779. The van der Waals surface area contributed by atoms with Gasteiger partial charge >= 0.3 is 0 Å². The maximum Gasteiger partial charge on any atom is 0.137 e. The Balaban J connectivity index is 1.63. The Morgan fingerprint density at radius 2 is 1.31 bits per heavy atom. The molecule has 0 spiro atoms. The minimum atomic E-state index is 0.779. The van der Waals surface area contributed by atoms with Gasteiger partial charge in [0.25, 0.3) is 0 Å². The molecule has 0 unspecified atom stereocenters. The average molecular weight is 337 g/mol. The molecule has 0 radical (unpaired) electrons. The number of para-hydroxylation sites is 2. The molecular weight excluding hydrogens is 318 g/mol. The molecule has 0 aliphatic heterocycles. The Hall–Kier alpha value is -3.46. The van der Waals surface area contributed by atoms with Gasteiger partial charge in [-0.15, -0.1) is 0 Å². The van der Waals surface area contributed by atoms with Crippen molar-refractivity contribution in [1.82, 2.24) is 9.08 Å². The van der Waals surface area contributed by atoms with Crippen LogP contribution >= 0.6 is 0 Å². The lowest BCUT2D eigenvalue weighted by atomic mass is 10.1. The first-order chi connectivity index (χ1) is 12.9. The second kappa shape index (κ2) is 6.12. The molecule has 2 heterocycles. The summed E-state index contributed by atoms with van der Waals surface area (Å²) in [6, 6.07) is 31.7. The minimum absolute atomic E-state index is 0.779. The van der Waals surface area contributed by atoms with Crippen LogP contribution in [0.2, 0.25) is 0 Å². The molecule has 0 aliphatic rings. The molecular formula is C23H19N3. The first kappa shape index (κ1) is 14.8. The summed E-state index contributed by atoms with van der Waals surface area (Å²) in [5, 5.41) is 0. The van der Waals surface area contributed by atoms with Gasteiger partial charge in [-0.3, -0.25) is 4.40 Å². The van der Waals surface area contributed by atoms with E-state index in [9.17, 15) is 0 Å². The van der Waals surface area contributed by atoms with Gasteiger partial charge in [-0.05, 0) is 29.3 Å². The highest BCUT2D eigenvalue weighted by atomic mass is 15.4. The third kappa shape index (κ3) is 2.45. The molecule has 0 aliphatic carbocycles. The molecule has 0 fully saturated rings. The second-order valence-electron chi connectivity index (χ2n) is 6.47. The number of nitrogens with zero attached hydrogens (tertiary/aromatic N) is 2. The largest absolute Gasteiger partial charge is 0.319 e. The van der Waals surface area contributed by atoms with Gasteiger partial charge in [-0.2, -0.15) is 0 Å². The van der Waals surface area contributed by atoms with Crippen molar-refractivity contribution >= 4 is 16.7 Å². The number of hydrogen-bond donors (Lipinski definition) is 1. The highest BCUT2D eigenvalue weighted by Crippen LogP contribution is 2.27. The van der Waals surface area contributed by atoms with E-state index in [2.05, 4.69) is 106 Å². The van der Waals surface area contributed by atoms with Gasteiger partial charge in [-0.1, -0.05) is 72.8 Å². The molecule has 3 nitrogen and oxygen atoms in total. The Labute approximate surface area is 152 Å². The molecule has 3 aromatic carbocycles. The van der Waals surface area contributed by atoms with Crippen LogP contribution < -0.4 is 5.43 Å². The van der Waals surface area contributed by atoms with E-state index in [0.717, 1.165) is 12.2 Å². The molecule has 126 valence electrons. The lowest BCUT2D eigenvalue weighted by molar-refractivity contribution is 0.892. The van der Waals surface area contributed by atoms with Crippen molar-refractivity contribution in [1.29, 1.82) is 0 Å². The highest BCUT2D eigenvalue weighted by Gasteiger charge is 2.12. The normalized spacial score (nSPS) is 11.2. The predicted molar refractivity (Wildman–Crippen MR) is 108 cm³/mol. The standard InChI is InChI=1S/C23H19N3/c1-3-9-18(10-4-1)16-24-26-22-14-8-7-13-21(22)25-17-20(15-23(25)26)19-11-5-2-6-12-19/h1-15,17,24H,16H2. The van der Waals surface area contributed by atoms with E-state index < -0.39 is 0 Å². The third-order valence-corrected chi connectivity index (χ3v) is 4.80. The quantitative estimate of drug-likeness (QED) is 0.472. The van der Waals surface area contributed by atoms with E-state index in [1.54, 1.807) is 0 Å². The van der Waals surface area contributed by atoms with E-state index in [-0.39, 0.29) is 0 Å². The van der Waals surface area contributed by atoms with Gasteiger partial charge in [-0.25, -0.2) is 4.68 Å². The SMILES string of the molecule is c1ccc(CNn2c3ccccc3n3cc(-c4ccccc4)cc23)cc1. The lowest BCUT2D eigenvalue weighted by Crippen LogP contribution is -2.13. The van der Waals surface area contributed by atoms with Crippen LogP contribution in [0.4, 0.5) is 0 Å². The van der Waals surface area contributed by atoms with Crippen LogP contribution in [0.15, 0.2) is 97.2 Å². The van der Waals surface area contributed by atoms with Gasteiger partial charge in [0.2, 0.25) is 0 Å². The lowest BCUT2D eigenvalue weighted by Gasteiger charge is -2.09. The first-order valence-electron chi connectivity index (χ1n) is 8.85. The number of hydrogen-bond acceptors (Lipinski definition) is 1. The van der Waals surface area contributed by atoms with Crippen molar-refractivity contribution in [3.8, 4) is 11.1 Å². The number of rotatable bonds is 4. The Morgan fingerprint density at radius 3 is 2.08 bits per heavy atom. The van der Waals surface area contributed by atoms with Crippen LogP contribution in [-0.2, 0) is 6.54 Å². The predicted octanol–water partition coefficient (Wildman–Crippen LogP) is 5.30. The number of nitrogens with one attached hydrogen (secondary N) is 1. The summed E-state index contributed by atoms with van der Waals surface area (Å²) in [5.74, 6) is 0. The molecule has 5 rings (SSSR count). The van der Waals surface area contributed by atoms with Crippen molar-refractivity contribution in [3.63, 3.8) is 0 Å².